The molecule has 0 amide bonds. The summed E-state index contributed by atoms with van der Waals surface area (Å²) >= 11 is 7.26. The van der Waals surface area contributed by atoms with Crippen molar-refractivity contribution in [1.82, 2.24) is 15.2 Å². The average molecular weight is 295 g/mol. The van der Waals surface area contributed by atoms with Crippen LogP contribution in [-0.2, 0) is 0 Å². The van der Waals surface area contributed by atoms with Gasteiger partial charge < -0.3 is 4.74 Å². The molecule has 1 aromatic heterocycles. The molecule has 1 aromatic carbocycles. The van der Waals surface area contributed by atoms with Crippen molar-refractivity contribution < 1.29 is 4.74 Å². The Morgan fingerprint density at radius 3 is 3.00 bits per heavy atom. The van der Waals surface area contributed by atoms with Crippen molar-refractivity contribution in [3.63, 3.8) is 0 Å². The molecule has 0 bridgehead atoms. The molecule has 2 rings (SSSR count). The highest BCUT2D eigenvalue weighted by molar-refractivity contribution is 8.00. The van der Waals surface area contributed by atoms with E-state index in [-0.39, 0.29) is 5.25 Å². The summed E-state index contributed by atoms with van der Waals surface area (Å²) in [6.07, 6.45) is 0. The van der Waals surface area contributed by atoms with E-state index >= 15 is 0 Å². The highest BCUT2D eigenvalue weighted by Crippen LogP contribution is 2.31. The lowest BCUT2D eigenvalue weighted by Gasteiger charge is -2.05. The van der Waals surface area contributed by atoms with E-state index < -0.39 is 0 Å². The third-order valence-corrected chi connectivity index (χ3v) is 3.43. The van der Waals surface area contributed by atoms with Gasteiger partial charge in [0.2, 0.25) is 5.16 Å². The Morgan fingerprint density at radius 2 is 2.32 bits per heavy atom. The number of thioether (sulfide) groups is 1. The van der Waals surface area contributed by atoms with Gasteiger partial charge in [0.15, 0.2) is 5.82 Å². The third-order valence-electron chi connectivity index (χ3n) is 2.35. The number of H-pyrrole nitrogens is 1. The Kier molecular flexibility index (Phi) is 4.30. The van der Waals surface area contributed by atoms with Crippen LogP contribution in [0.25, 0.3) is 11.4 Å². The largest absolute Gasteiger partial charge is 0.496 e. The van der Waals surface area contributed by atoms with Crippen molar-refractivity contribution in [2.45, 2.75) is 17.3 Å². The SMILES string of the molecule is COc1ccc(Cl)cc1-c1nc(S[C@@H](C)C#N)n[nH]1. The normalized spacial score (nSPS) is 11.9. The monoisotopic (exact) mass is 294 g/mol. The number of nitriles is 1. The number of benzene rings is 1. The second-order valence-electron chi connectivity index (χ2n) is 3.70. The van der Waals surface area contributed by atoms with Gasteiger partial charge in [-0.05, 0) is 25.1 Å². The van der Waals surface area contributed by atoms with E-state index in [4.69, 9.17) is 21.6 Å². The molecule has 1 N–H and O–H groups in total. The summed E-state index contributed by atoms with van der Waals surface area (Å²) in [7, 11) is 1.58. The van der Waals surface area contributed by atoms with Gasteiger partial charge in [-0.1, -0.05) is 23.4 Å². The van der Waals surface area contributed by atoms with Crippen LogP contribution in [0.1, 0.15) is 6.92 Å². The van der Waals surface area contributed by atoms with E-state index in [0.29, 0.717) is 21.8 Å². The second kappa shape index (κ2) is 5.95. The number of nitrogens with zero attached hydrogens (tertiary/aromatic N) is 3. The van der Waals surface area contributed by atoms with Crippen molar-refractivity contribution in [3.05, 3.63) is 23.2 Å². The maximum Gasteiger partial charge on any atom is 0.210 e. The van der Waals surface area contributed by atoms with Gasteiger partial charge in [-0.3, -0.25) is 5.10 Å². The predicted octanol–water partition coefficient (Wildman–Crippen LogP) is 3.14. The summed E-state index contributed by atoms with van der Waals surface area (Å²) in [5.41, 5.74) is 0.735. The number of hydrogen-bond donors (Lipinski definition) is 1. The molecule has 1 heterocycles. The highest BCUT2D eigenvalue weighted by Gasteiger charge is 2.13. The van der Waals surface area contributed by atoms with Crippen LogP contribution in [-0.4, -0.2) is 27.5 Å². The van der Waals surface area contributed by atoms with Crippen molar-refractivity contribution in [2.75, 3.05) is 7.11 Å². The Balaban J connectivity index is 2.33. The molecule has 98 valence electrons. The fourth-order valence-electron chi connectivity index (χ4n) is 1.47. The van der Waals surface area contributed by atoms with Crippen LogP contribution in [0.3, 0.4) is 0 Å². The smallest absolute Gasteiger partial charge is 0.210 e. The van der Waals surface area contributed by atoms with Crippen molar-refractivity contribution in [3.8, 4) is 23.2 Å². The van der Waals surface area contributed by atoms with E-state index in [9.17, 15) is 0 Å². The van der Waals surface area contributed by atoms with Crippen LogP contribution in [0.5, 0.6) is 5.75 Å². The molecular weight excluding hydrogens is 284 g/mol. The van der Waals surface area contributed by atoms with Gasteiger partial charge in [0.1, 0.15) is 5.75 Å². The molecule has 0 aliphatic carbocycles. The number of aromatic nitrogens is 3. The maximum absolute atomic E-state index is 8.76. The van der Waals surface area contributed by atoms with Crippen LogP contribution in [0.4, 0.5) is 0 Å². The molecule has 0 aliphatic rings. The number of rotatable bonds is 4. The Labute approximate surface area is 119 Å². The van der Waals surface area contributed by atoms with E-state index in [1.165, 1.54) is 11.8 Å². The molecule has 0 saturated carbocycles. The fraction of sp³-hybridized carbons (Fsp3) is 0.250. The maximum atomic E-state index is 8.76. The van der Waals surface area contributed by atoms with Gasteiger partial charge in [-0.25, -0.2) is 4.98 Å². The lowest BCUT2D eigenvalue weighted by Crippen LogP contribution is -1.91. The number of methoxy groups -OCH3 is 1. The molecule has 19 heavy (non-hydrogen) atoms. The van der Waals surface area contributed by atoms with Gasteiger partial charge in [-0.2, -0.15) is 5.26 Å². The van der Waals surface area contributed by atoms with Crippen molar-refractivity contribution in [2.24, 2.45) is 0 Å². The number of hydrogen-bond acceptors (Lipinski definition) is 5. The molecule has 0 radical (unpaired) electrons. The molecule has 7 heteroatoms. The molecule has 0 spiro atoms. The minimum absolute atomic E-state index is 0.204. The summed E-state index contributed by atoms with van der Waals surface area (Å²) in [5, 5.41) is 16.6. The summed E-state index contributed by atoms with van der Waals surface area (Å²) in [6.45, 7) is 1.79. The summed E-state index contributed by atoms with van der Waals surface area (Å²) in [4.78, 5) is 4.32. The van der Waals surface area contributed by atoms with Crippen LogP contribution < -0.4 is 4.74 Å². The first-order valence-corrected chi connectivity index (χ1v) is 6.72. The zero-order valence-electron chi connectivity index (χ0n) is 10.3. The van der Waals surface area contributed by atoms with Gasteiger partial charge in [0.25, 0.3) is 0 Å². The van der Waals surface area contributed by atoms with Gasteiger partial charge in [0, 0.05) is 5.02 Å². The predicted molar refractivity (Wildman–Crippen MR) is 74.3 cm³/mol. The van der Waals surface area contributed by atoms with Crippen LogP contribution >= 0.6 is 23.4 Å². The van der Waals surface area contributed by atoms with E-state index in [2.05, 4.69) is 21.3 Å². The van der Waals surface area contributed by atoms with Crippen LogP contribution in [0.2, 0.25) is 5.02 Å². The summed E-state index contributed by atoms with van der Waals surface area (Å²) < 4.78 is 5.26. The Morgan fingerprint density at radius 1 is 1.53 bits per heavy atom. The number of nitrogens with one attached hydrogen (secondary N) is 1. The van der Waals surface area contributed by atoms with Crippen LogP contribution in [0, 0.1) is 11.3 Å². The standard InChI is InChI=1S/C12H11ClN4OS/c1-7(6-14)19-12-15-11(16-17-12)9-5-8(13)3-4-10(9)18-2/h3-5,7H,1-2H3,(H,15,16,17)/t7-/m0/s1. The Hall–Kier alpha value is -1.71. The highest BCUT2D eigenvalue weighted by atomic mass is 35.5. The molecule has 0 unspecified atom stereocenters. The average Bonchev–Trinajstić information content (AvgIpc) is 2.86. The topological polar surface area (TPSA) is 74.6 Å². The van der Waals surface area contributed by atoms with Gasteiger partial charge in [-0.15, -0.1) is 5.10 Å². The molecule has 2 aromatic rings. The fourth-order valence-corrected chi connectivity index (χ4v) is 2.25. The van der Waals surface area contributed by atoms with Crippen molar-refractivity contribution >= 4 is 23.4 Å². The van der Waals surface area contributed by atoms with E-state index in [1.807, 2.05) is 0 Å². The van der Waals surface area contributed by atoms with Crippen molar-refractivity contribution in [1.29, 1.82) is 5.26 Å². The number of ether oxygens (including phenoxy) is 1. The van der Waals surface area contributed by atoms with Gasteiger partial charge in [0.05, 0.1) is 24.0 Å². The molecule has 5 nitrogen and oxygen atoms in total. The first kappa shape index (κ1) is 13.7. The summed E-state index contributed by atoms with van der Waals surface area (Å²) in [5.74, 6) is 1.22. The molecular formula is C12H11ClN4OS. The summed E-state index contributed by atoms with van der Waals surface area (Å²) in [6, 6.07) is 7.38. The van der Waals surface area contributed by atoms with Crippen LogP contribution in [0.15, 0.2) is 23.4 Å². The molecule has 1 atom stereocenters. The quantitative estimate of drug-likeness (QED) is 0.877. The van der Waals surface area contributed by atoms with E-state index in [0.717, 1.165) is 5.56 Å². The number of halogens is 1. The minimum atomic E-state index is -0.204. The minimum Gasteiger partial charge on any atom is -0.496 e. The zero-order valence-corrected chi connectivity index (χ0v) is 11.9. The Bertz CT molecular complexity index is 622. The number of aromatic amines is 1. The molecule has 0 fully saturated rings. The van der Waals surface area contributed by atoms with Gasteiger partial charge >= 0.3 is 0 Å². The lowest BCUT2D eigenvalue weighted by atomic mass is 10.2. The van der Waals surface area contributed by atoms with E-state index in [1.54, 1.807) is 32.2 Å². The second-order valence-corrected chi connectivity index (χ2v) is 5.44. The first-order valence-electron chi connectivity index (χ1n) is 5.46. The molecule has 0 aliphatic heterocycles. The first-order chi connectivity index (χ1) is 9.13. The third kappa shape index (κ3) is 3.19. The lowest BCUT2D eigenvalue weighted by molar-refractivity contribution is 0.416. The zero-order chi connectivity index (χ0) is 13.8. The molecule has 0 saturated heterocycles.